The predicted octanol–water partition coefficient (Wildman–Crippen LogP) is 3.49. The van der Waals surface area contributed by atoms with Crippen LogP contribution in [0.4, 0.5) is 5.69 Å². The van der Waals surface area contributed by atoms with Crippen LogP contribution in [0.1, 0.15) is 43.4 Å². The predicted molar refractivity (Wildman–Crippen MR) is 147 cm³/mol. The summed E-state index contributed by atoms with van der Waals surface area (Å²) in [4.78, 5) is 51.6. The molecule has 0 spiro atoms. The fourth-order valence-electron chi connectivity index (χ4n) is 4.69. The van der Waals surface area contributed by atoms with E-state index in [1.165, 1.54) is 64.5 Å². The largest absolute Gasteiger partial charge is 0.478 e. The van der Waals surface area contributed by atoms with Crippen molar-refractivity contribution >= 4 is 47.1 Å². The molecule has 0 saturated heterocycles. The fraction of sp³-hybridized carbons (Fsp3) is 0.107. The van der Waals surface area contributed by atoms with Crippen molar-refractivity contribution in [2.75, 3.05) is 11.9 Å². The van der Waals surface area contributed by atoms with Crippen LogP contribution in [-0.4, -0.2) is 65.6 Å². The standard InChI is InChI=1S/C28H21ClN6O6/c29-18-7-10-23(35-15-30-32-33-35)17(14-18)6-11-24(36)34-13-12-20-21(2-1-3-22(20)28(40)41)25(34)26(37)31-19-8-4-16(5-9-19)27(38)39/h1-11,14-15,25H,12-13H2,(H,31,37)(H,38,39)(H,40,41)/b11-6+. The lowest BCUT2D eigenvalue weighted by Crippen LogP contribution is -2.45. The molecule has 1 aliphatic heterocycles. The zero-order chi connectivity index (χ0) is 29.1. The summed E-state index contributed by atoms with van der Waals surface area (Å²) in [7, 11) is 0. The van der Waals surface area contributed by atoms with Gasteiger partial charge in [0.1, 0.15) is 12.4 Å². The summed E-state index contributed by atoms with van der Waals surface area (Å²) < 4.78 is 1.41. The third kappa shape index (κ3) is 5.68. The number of nitrogens with one attached hydrogen (secondary N) is 1. The van der Waals surface area contributed by atoms with E-state index in [2.05, 4.69) is 20.8 Å². The zero-order valence-corrected chi connectivity index (χ0v) is 21.9. The molecule has 2 amide bonds. The van der Waals surface area contributed by atoms with Gasteiger partial charge < -0.3 is 20.4 Å². The normalized spacial score (nSPS) is 14.5. The number of halogens is 1. The molecule has 0 aliphatic carbocycles. The number of carboxylic acid groups (broad SMARTS) is 2. The Morgan fingerprint density at radius 2 is 1.78 bits per heavy atom. The lowest BCUT2D eigenvalue weighted by molar-refractivity contribution is -0.135. The van der Waals surface area contributed by atoms with Crippen LogP contribution in [0.2, 0.25) is 5.02 Å². The van der Waals surface area contributed by atoms with Crippen molar-refractivity contribution in [1.82, 2.24) is 25.1 Å². The van der Waals surface area contributed by atoms with Crippen molar-refractivity contribution in [1.29, 1.82) is 0 Å². The van der Waals surface area contributed by atoms with E-state index in [9.17, 15) is 24.3 Å². The zero-order valence-electron chi connectivity index (χ0n) is 21.1. The summed E-state index contributed by atoms with van der Waals surface area (Å²) in [5.41, 5.74) is 2.37. The number of hydrogen-bond acceptors (Lipinski definition) is 7. The summed E-state index contributed by atoms with van der Waals surface area (Å²) in [6.07, 6.45) is 4.45. The molecule has 2 heterocycles. The topological polar surface area (TPSA) is 168 Å². The van der Waals surface area contributed by atoms with Gasteiger partial charge >= 0.3 is 11.9 Å². The third-order valence-electron chi connectivity index (χ3n) is 6.57. The monoisotopic (exact) mass is 572 g/mol. The number of carboxylic acids is 2. The Bertz CT molecular complexity index is 1690. The minimum atomic E-state index is -1.16. The van der Waals surface area contributed by atoms with Gasteiger partial charge in [0.15, 0.2) is 0 Å². The van der Waals surface area contributed by atoms with Gasteiger partial charge in [-0.25, -0.2) is 9.59 Å². The first-order valence-corrected chi connectivity index (χ1v) is 12.6. The first-order chi connectivity index (χ1) is 19.7. The molecule has 4 aromatic rings. The number of aromatic carboxylic acids is 2. The molecule has 0 bridgehead atoms. The van der Waals surface area contributed by atoms with Crippen LogP contribution < -0.4 is 5.32 Å². The lowest BCUT2D eigenvalue weighted by Gasteiger charge is -2.36. The number of anilines is 1. The number of benzene rings is 3. The maximum atomic E-state index is 13.6. The molecule has 41 heavy (non-hydrogen) atoms. The fourth-order valence-corrected chi connectivity index (χ4v) is 4.87. The Morgan fingerprint density at radius 3 is 2.46 bits per heavy atom. The second-order valence-corrected chi connectivity index (χ2v) is 9.46. The molecule has 0 fully saturated rings. The van der Waals surface area contributed by atoms with E-state index in [-0.39, 0.29) is 24.1 Å². The number of tetrazole rings is 1. The molecule has 3 aromatic carbocycles. The molecule has 5 rings (SSSR count). The number of rotatable bonds is 7. The molecule has 1 atom stereocenters. The van der Waals surface area contributed by atoms with Crippen molar-refractivity contribution in [3.05, 3.63) is 106 Å². The van der Waals surface area contributed by atoms with Crippen LogP contribution in [0.3, 0.4) is 0 Å². The maximum Gasteiger partial charge on any atom is 0.335 e. The van der Waals surface area contributed by atoms with Crippen LogP contribution in [0, 0.1) is 0 Å². The first kappa shape index (κ1) is 27.2. The van der Waals surface area contributed by atoms with Gasteiger partial charge in [0.05, 0.1) is 16.8 Å². The number of fused-ring (bicyclic) bond motifs is 1. The number of aromatic nitrogens is 4. The molecule has 12 nitrogen and oxygen atoms in total. The lowest BCUT2D eigenvalue weighted by atomic mass is 9.88. The Labute approximate surface area is 237 Å². The van der Waals surface area contributed by atoms with E-state index in [4.69, 9.17) is 16.7 Å². The van der Waals surface area contributed by atoms with Crippen LogP contribution in [-0.2, 0) is 16.0 Å². The molecule has 3 N–H and O–H groups in total. The van der Waals surface area contributed by atoms with Gasteiger partial charge in [0, 0.05) is 28.9 Å². The van der Waals surface area contributed by atoms with Gasteiger partial charge in [-0.1, -0.05) is 23.7 Å². The Balaban J connectivity index is 1.49. The van der Waals surface area contributed by atoms with Crippen LogP contribution >= 0.6 is 11.6 Å². The highest BCUT2D eigenvalue weighted by atomic mass is 35.5. The quantitative estimate of drug-likeness (QED) is 0.281. The minimum Gasteiger partial charge on any atom is -0.478 e. The van der Waals surface area contributed by atoms with Gasteiger partial charge in [0.2, 0.25) is 5.91 Å². The van der Waals surface area contributed by atoms with Crippen molar-refractivity contribution in [3.63, 3.8) is 0 Å². The summed E-state index contributed by atoms with van der Waals surface area (Å²) in [5, 5.41) is 33.2. The van der Waals surface area contributed by atoms with E-state index in [0.29, 0.717) is 33.1 Å². The summed E-state index contributed by atoms with van der Waals surface area (Å²) in [6.45, 7) is 0.0753. The number of hydrogen-bond donors (Lipinski definition) is 3. The highest BCUT2D eigenvalue weighted by Crippen LogP contribution is 2.33. The SMILES string of the molecule is O=C(O)c1ccc(NC(=O)C2c3cccc(C(=O)O)c3CCN2C(=O)/C=C/c2cc(Cl)ccc2-n2cnnn2)cc1. The van der Waals surface area contributed by atoms with Crippen molar-refractivity contribution in [2.24, 2.45) is 0 Å². The van der Waals surface area contributed by atoms with E-state index >= 15 is 0 Å². The van der Waals surface area contributed by atoms with E-state index in [0.717, 1.165) is 0 Å². The summed E-state index contributed by atoms with van der Waals surface area (Å²) >= 11 is 6.18. The number of carbonyl (C=O) groups is 4. The van der Waals surface area contributed by atoms with Crippen LogP contribution in [0.5, 0.6) is 0 Å². The molecule has 206 valence electrons. The van der Waals surface area contributed by atoms with Gasteiger partial charge in [-0.2, -0.15) is 4.68 Å². The van der Waals surface area contributed by atoms with E-state index in [1.54, 1.807) is 24.3 Å². The Morgan fingerprint density at radius 1 is 1.00 bits per heavy atom. The van der Waals surface area contributed by atoms with E-state index in [1.807, 2.05) is 0 Å². The highest BCUT2D eigenvalue weighted by molar-refractivity contribution is 6.30. The molecule has 1 aromatic heterocycles. The number of nitrogens with zero attached hydrogens (tertiary/aromatic N) is 5. The molecular weight excluding hydrogens is 552 g/mol. The Kier molecular flexibility index (Phi) is 7.57. The molecule has 1 aliphatic rings. The second-order valence-electron chi connectivity index (χ2n) is 9.03. The highest BCUT2D eigenvalue weighted by Gasteiger charge is 2.37. The summed E-state index contributed by atoms with van der Waals surface area (Å²) in [6, 6.07) is 14.0. The second kappa shape index (κ2) is 11.4. The van der Waals surface area contributed by atoms with E-state index < -0.39 is 29.8 Å². The summed E-state index contributed by atoms with van der Waals surface area (Å²) in [5.74, 6) is -3.34. The number of carbonyl (C=O) groups excluding carboxylic acids is 2. The molecular formula is C28H21ClN6O6. The Hall–Kier alpha value is -5.36. The minimum absolute atomic E-state index is 0.0427. The van der Waals surface area contributed by atoms with Crippen molar-refractivity contribution in [3.8, 4) is 5.69 Å². The van der Waals surface area contributed by atoms with Gasteiger partial charge in [-0.3, -0.25) is 9.59 Å². The van der Waals surface area contributed by atoms with Gasteiger partial charge in [-0.05, 0) is 82.6 Å². The smallest absolute Gasteiger partial charge is 0.335 e. The maximum absolute atomic E-state index is 13.6. The van der Waals surface area contributed by atoms with Crippen molar-refractivity contribution < 1.29 is 29.4 Å². The van der Waals surface area contributed by atoms with Gasteiger partial charge in [0.25, 0.3) is 5.91 Å². The molecule has 13 heteroatoms. The average Bonchev–Trinajstić information content (AvgIpc) is 3.50. The first-order valence-electron chi connectivity index (χ1n) is 12.2. The average molecular weight is 573 g/mol. The third-order valence-corrected chi connectivity index (χ3v) is 6.81. The van der Waals surface area contributed by atoms with Gasteiger partial charge in [-0.15, -0.1) is 5.10 Å². The number of amides is 2. The van der Waals surface area contributed by atoms with Crippen LogP contribution in [0.25, 0.3) is 11.8 Å². The van der Waals surface area contributed by atoms with Crippen molar-refractivity contribution in [2.45, 2.75) is 12.5 Å². The van der Waals surface area contributed by atoms with Crippen LogP contribution in [0.15, 0.2) is 73.1 Å². The molecule has 1 unspecified atom stereocenters. The molecule has 0 radical (unpaired) electrons. The molecule has 0 saturated carbocycles.